The quantitative estimate of drug-likeness (QED) is 0.740. The van der Waals surface area contributed by atoms with Gasteiger partial charge in [0.15, 0.2) is 0 Å². The molecule has 2 saturated heterocycles. The van der Waals surface area contributed by atoms with E-state index in [9.17, 15) is 0 Å². The van der Waals surface area contributed by atoms with Gasteiger partial charge in [0.2, 0.25) is 0 Å². The standard InChI is InChI=1S/C13H26N2O/c1-9(2)15-6-5-12(14)13(15)7-10(3)16-11(4)8-13/h9-12H,5-8,14H2,1-4H3/t10-,11+,12?,13?. The lowest BCUT2D eigenvalue weighted by atomic mass is 9.78. The molecule has 0 aromatic carbocycles. The first kappa shape index (κ1) is 12.3. The molecule has 0 amide bonds. The number of hydrogen-bond acceptors (Lipinski definition) is 3. The van der Waals surface area contributed by atoms with Gasteiger partial charge in [-0.25, -0.2) is 0 Å². The molecule has 16 heavy (non-hydrogen) atoms. The van der Waals surface area contributed by atoms with E-state index < -0.39 is 0 Å². The van der Waals surface area contributed by atoms with Crippen molar-refractivity contribution in [1.29, 1.82) is 0 Å². The van der Waals surface area contributed by atoms with Crippen molar-refractivity contribution in [3.05, 3.63) is 0 Å². The smallest absolute Gasteiger partial charge is 0.0568 e. The molecule has 3 nitrogen and oxygen atoms in total. The SMILES string of the molecule is CC(C)N1CCC(N)C12C[C@@H](C)O[C@@H](C)C2. The summed E-state index contributed by atoms with van der Waals surface area (Å²) in [5, 5.41) is 0. The third-order valence-electron chi connectivity index (χ3n) is 4.31. The van der Waals surface area contributed by atoms with Crippen molar-refractivity contribution >= 4 is 0 Å². The van der Waals surface area contributed by atoms with Gasteiger partial charge < -0.3 is 10.5 Å². The number of nitrogens with zero attached hydrogens (tertiary/aromatic N) is 1. The van der Waals surface area contributed by atoms with Crippen molar-refractivity contribution in [1.82, 2.24) is 4.90 Å². The highest BCUT2D eigenvalue weighted by Gasteiger charge is 2.51. The van der Waals surface area contributed by atoms with Crippen LogP contribution in [0.25, 0.3) is 0 Å². The molecule has 2 unspecified atom stereocenters. The minimum absolute atomic E-state index is 0.200. The summed E-state index contributed by atoms with van der Waals surface area (Å²) in [5.41, 5.74) is 6.60. The van der Waals surface area contributed by atoms with Gasteiger partial charge in [-0.15, -0.1) is 0 Å². The fraction of sp³-hybridized carbons (Fsp3) is 1.00. The predicted molar refractivity (Wildman–Crippen MR) is 66.4 cm³/mol. The second kappa shape index (κ2) is 4.28. The first-order chi connectivity index (χ1) is 7.45. The molecule has 4 atom stereocenters. The Morgan fingerprint density at radius 2 is 1.81 bits per heavy atom. The topological polar surface area (TPSA) is 38.5 Å². The van der Waals surface area contributed by atoms with Gasteiger partial charge in [0.25, 0.3) is 0 Å². The van der Waals surface area contributed by atoms with Crippen molar-refractivity contribution in [2.75, 3.05) is 6.54 Å². The molecule has 0 aromatic rings. The van der Waals surface area contributed by atoms with Crippen LogP contribution < -0.4 is 5.73 Å². The molecule has 2 heterocycles. The molecule has 1 spiro atoms. The molecule has 2 aliphatic heterocycles. The molecule has 0 bridgehead atoms. The molecule has 0 radical (unpaired) electrons. The van der Waals surface area contributed by atoms with Gasteiger partial charge in [-0.2, -0.15) is 0 Å². The summed E-state index contributed by atoms with van der Waals surface area (Å²) in [6.07, 6.45) is 4.01. The third-order valence-corrected chi connectivity index (χ3v) is 4.31. The Kier molecular flexibility index (Phi) is 3.30. The minimum atomic E-state index is 0.200. The summed E-state index contributed by atoms with van der Waals surface area (Å²) in [6, 6.07) is 0.912. The Balaban J connectivity index is 2.25. The molecule has 0 aliphatic carbocycles. The van der Waals surface area contributed by atoms with Gasteiger partial charge in [0.1, 0.15) is 0 Å². The zero-order chi connectivity index (χ0) is 11.9. The second-order valence-electron chi connectivity index (χ2n) is 5.95. The van der Waals surface area contributed by atoms with Gasteiger partial charge in [-0.1, -0.05) is 0 Å². The second-order valence-corrected chi connectivity index (χ2v) is 5.95. The Hall–Kier alpha value is -0.120. The summed E-state index contributed by atoms with van der Waals surface area (Å²) >= 11 is 0. The van der Waals surface area contributed by atoms with Crippen LogP contribution in [-0.4, -0.2) is 41.3 Å². The van der Waals surface area contributed by atoms with E-state index in [1.54, 1.807) is 0 Å². The molecule has 0 aromatic heterocycles. The van der Waals surface area contributed by atoms with E-state index in [1.807, 2.05) is 0 Å². The first-order valence-corrected chi connectivity index (χ1v) is 6.63. The fourth-order valence-corrected chi connectivity index (χ4v) is 3.86. The van der Waals surface area contributed by atoms with Crippen LogP contribution in [0.3, 0.4) is 0 Å². The van der Waals surface area contributed by atoms with E-state index in [-0.39, 0.29) is 5.54 Å². The molecule has 3 heteroatoms. The molecule has 2 N–H and O–H groups in total. The van der Waals surface area contributed by atoms with Crippen molar-refractivity contribution in [2.24, 2.45) is 5.73 Å². The van der Waals surface area contributed by atoms with Crippen LogP contribution in [0.15, 0.2) is 0 Å². The van der Waals surface area contributed by atoms with Crippen LogP contribution in [0.1, 0.15) is 47.0 Å². The van der Waals surface area contributed by atoms with Gasteiger partial charge >= 0.3 is 0 Å². The molecule has 0 saturated carbocycles. The molecule has 2 fully saturated rings. The Bertz CT molecular complexity index is 244. The van der Waals surface area contributed by atoms with Gasteiger partial charge in [-0.05, 0) is 47.0 Å². The van der Waals surface area contributed by atoms with Crippen molar-refractivity contribution in [2.45, 2.75) is 76.8 Å². The van der Waals surface area contributed by atoms with E-state index in [0.29, 0.717) is 24.3 Å². The van der Waals surface area contributed by atoms with Gasteiger partial charge in [-0.3, -0.25) is 4.90 Å². The normalized spacial score (nSPS) is 45.8. The van der Waals surface area contributed by atoms with E-state index in [4.69, 9.17) is 10.5 Å². The number of likely N-dealkylation sites (tertiary alicyclic amines) is 1. The molecule has 94 valence electrons. The van der Waals surface area contributed by atoms with Crippen LogP contribution in [0, 0.1) is 0 Å². The van der Waals surface area contributed by atoms with E-state index in [2.05, 4.69) is 32.6 Å². The lowest BCUT2D eigenvalue weighted by Gasteiger charge is -2.49. The average molecular weight is 226 g/mol. The van der Waals surface area contributed by atoms with Crippen molar-refractivity contribution in [3.63, 3.8) is 0 Å². The first-order valence-electron chi connectivity index (χ1n) is 6.63. The minimum Gasteiger partial charge on any atom is -0.375 e. The molecule has 2 aliphatic rings. The number of ether oxygens (including phenoxy) is 1. The Morgan fingerprint density at radius 3 is 2.31 bits per heavy atom. The predicted octanol–water partition coefficient (Wildman–Crippen LogP) is 1.75. The summed E-state index contributed by atoms with van der Waals surface area (Å²) in [6.45, 7) is 10.1. The van der Waals surface area contributed by atoms with Crippen LogP contribution in [-0.2, 0) is 4.74 Å². The highest BCUT2D eigenvalue weighted by Crippen LogP contribution is 2.42. The maximum Gasteiger partial charge on any atom is 0.0568 e. The average Bonchev–Trinajstić information content (AvgIpc) is 2.42. The highest BCUT2D eigenvalue weighted by molar-refractivity contribution is 5.08. The van der Waals surface area contributed by atoms with E-state index >= 15 is 0 Å². The van der Waals surface area contributed by atoms with Crippen molar-refractivity contribution in [3.8, 4) is 0 Å². The van der Waals surface area contributed by atoms with Crippen LogP contribution in [0.2, 0.25) is 0 Å². The lowest BCUT2D eigenvalue weighted by Crippen LogP contribution is -2.61. The fourth-order valence-electron chi connectivity index (χ4n) is 3.86. The van der Waals surface area contributed by atoms with Gasteiger partial charge in [0, 0.05) is 24.2 Å². The molecular formula is C13H26N2O. The number of rotatable bonds is 1. The van der Waals surface area contributed by atoms with Crippen LogP contribution in [0.5, 0.6) is 0 Å². The Labute approximate surface area is 99.3 Å². The maximum atomic E-state index is 6.40. The molecular weight excluding hydrogens is 200 g/mol. The maximum absolute atomic E-state index is 6.40. The summed E-state index contributed by atoms with van der Waals surface area (Å²) in [5.74, 6) is 0. The van der Waals surface area contributed by atoms with E-state index in [0.717, 1.165) is 25.8 Å². The summed E-state index contributed by atoms with van der Waals surface area (Å²) < 4.78 is 5.87. The lowest BCUT2D eigenvalue weighted by molar-refractivity contribution is -0.104. The zero-order valence-corrected chi connectivity index (χ0v) is 11.1. The molecule has 2 rings (SSSR count). The monoisotopic (exact) mass is 226 g/mol. The third kappa shape index (κ3) is 1.89. The van der Waals surface area contributed by atoms with Gasteiger partial charge in [0.05, 0.1) is 12.2 Å². The van der Waals surface area contributed by atoms with Crippen LogP contribution in [0.4, 0.5) is 0 Å². The summed E-state index contributed by atoms with van der Waals surface area (Å²) in [7, 11) is 0. The number of nitrogens with two attached hydrogens (primary N) is 1. The van der Waals surface area contributed by atoms with Crippen molar-refractivity contribution < 1.29 is 4.74 Å². The largest absolute Gasteiger partial charge is 0.375 e. The summed E-state index contributed by atoms with van der Waals surface area (Å²) in [4.78, 5) is 2.62. The number of hydrogen-bond donors (Lipinski definition) is 1. The highest BCUT2D eigenvalue weighted by atomic mass is 16.5. The van der Waals surface area contributed by atoms with Crippen LogP contribution >= 0.6 is 0 Å². The van der Waals surface area contributed by atoms with E-state index in [1.165, 1.54) is 0 Å². The zero-order valence-electron chi connectivity index (χ0n) is 11.1. The Morgan fingerprint density at radius 1 is 1.25 bits per heavy atom.